The second kappa shape index (κ2) is 4.91. The van der Waals surface area contributed by atoms with Crippen LogP contribution in [-0.2, 0) is 0 Å². The van der Waals surface area contributed by atoms with Crippen LogP contribution in [0.25, 0.3) is 0 Å². The van der Waals surface area contributed by atoms with Gasteiger partial charge in [0.1, 0.15) is 10.6 Å². The van der Waals surface area contributed by atoms with Crippen LogP contribution in [0.5, 0.6) is 0 Å². The average Bonchev–Trinajstić information content (AvgIpc) is 2.15. The highest BCUT2D eigenvalue weighted by Crippen LogP contribution is 2.27. The van der Waals surface area contributed by atoms with Crippen LogP contribution in [-0.4, -0.2) is 29.9 Å². The second-order valence-electron chi connectivity index (χ2n) is 3.23. The minimum atomic E-state index is -0.674. The number of nitrogens with zero attached hydrogens (tertiary/aromatic N) is 2. The van der Waals surface area contributed by atoms with Gasteiger partial charge in [0, 0.05) is 14.1 Å². The molecular weight excluding hydrogens is 234 g/mol. The highest BCUT2D eigenvalue weighted by Gasteiger charge is 2.23. The van der Waals surface area contributed by atoms with E-state index in [9.17, 15) is 14.9 Å². The van der Waals surface area contributed by atoms with Crippen molar-refractivity contribution in [2.24, 2.45) is 0 Å². The van der Waals surface area contributed by atoms with Crippen LogP contribution in [0.2, 0.25) is 5.02 Å². The van der Waals surface area contributed by atoms with Gasteiger partial charge < -0.3 is 0 Å². The predicted octanol–water partition coefficient (Wildman–Crippen LogP) is 1.45. The summed E-state index contributed by atoms with van der Waals surface area (Å²) in [4.78, 5) is 21.7. The zero-order valence-corrected chi connectivity index (χ0v) is 9.49. The van der Waals surface area contributed by atoms with Crippen molar-refractivity contribution in [3.05, 3.63) is 38.9 Å². The number of rotatable bonds is 3. The Balaban J connectivity index is 3.18. The molecule has 0 saturated carbocycles. The number of benzene rings is 1. The Kier molecular flexibility index (Phi) is 3.81. The zero-order valence-electron chi connectivity index (χ0n) is 8.73. The van der Waals surface area contributed by atoms with E-state index in [-0.39, 0.29) is 16.3 Å². The topological polar surface area (TPSA) is 75.5 Å². The first kappa shape index (κ1) is 12.4. The maximum Gasteiger partial charge on any atom is 0.300 e. The summed E-state index contributed by atoms with van der Waals surface area (Å²) in [5.41, 5.74) is 1.96. The molecule has 1 aromatic carbocycles. The molecule has 0 fully saturated rings. The maximum absolute atomic E-state index is 11.6. The van der Waals surface area contributed by atoms with Crippen LogP contribution in [0.1, 0.15) is 10.4 Å². The van der Waals surface area contributed by atoms with Crippen LogP contribution >= 0.6 is 11.6 Å². The molecule has 0 unspecified atom stereocenters. The second-order valence-corrected chi connectivity index (χ2v) is 3.64. The van der Waals surface area contributed by atoms with Gasteiger partial charge in [0.25, 0.3) is 5.91 Å². The van der Waals surface area contributed by atoms with Gasteiger partial charge in [-0.3, -0.25) is 20.3 Å². The van der Waals surface area contributed by atoms with E-state index in [0.717, 1.165) is 0 Å². The summed E-state index contributed by atoms with van der Waals surface area (Å²) in [6.45, 7) is 0. The average molecular weight is 244 g/mol. The fourth-order valence-corrected chi connectivity index (χ4v) is 1.39. The van der Waals surface area contributed by atoms with Crippen LogP contribution in [0.3, 0.4) is 0 Å². The van der Waals surface area contributed by atoms with Crippen molar-refractivity contribution in [3.8, 4) is 0 Å². The van der Waals surface area contributed by atoms with Crippen LogP contribution in [0, 0.1) is 10.1 Å². The number of hydrogen-bond donors (Lipinski definition) is 1. The van der Waals surface area contributed by atoms with Gasteiger partial charge in [-0.05, 0) is 12.1 Å². The number of carbonyl (C=O) groups is 1. The smallest absolute Gasteiger partial charge is 0.285 e. The van der Waals surface area contributed by atoms with Crippen LogP contribution < -0.4 is 5.43 Å². The van der Waals surface area contributed by atoms with Gasteiger partial charge in [-0.15, -0.1) is 0 Å². The fraction of sp³-hybridized carbons (Fsp3) is 0.222. The van der Waals surface area contributed by atoms with Gasteiger partial charge in [-0.25, -0.2) is 5.01 Å². The van der Waals surface area contributed by atoms with Gasteiger partial charge in [-0.2, -0.15) is 0 Å². The summed E-state index contributed by atoms with van der Waals surface area (Å²) in [5, 5.41) is 12.1. The molecule has 0 radical (unpaired) electrons. The van der Waals surface area contributed by atoms with Gasteiger partial charge in [0.15, 0.2) is 0 Å². The molecule has 0 aliphatic rings. The number of nitrogens with one attached hydrogen (secondary N) is 1. The standard InChI is InChI=1S/C9H10ClN3O3/c1-12(2)11-9(14)6-4-3-5-7(10)8(6)13(15)16/h3-5H,1-2H3,(H,11,14). The third kappa shape index (κ3) is 2.68. The molecule has 0 atom stereocenters. The minimum absolute atomic E-state index is 0.0589. The third-order valence-electron chi connectivity index (χ3n) is 1.74. The highest BCUT2D eigenvalue weighted by atomic mass is 35.5. The minimum Gasteiger partial charge on any atom is -0.285 e. The number of nitro groups is 1. The fourth-order valence-electron chi connectivity index (χ4n) is 1.15. The van der Waals surface area contributed by atoms with Gasteiger partial charge >= 0.3 is 5.69 Å². The maximum atomic E-state index is 11.6. The Bertz CT molecular complexity index is 434. The molecule has 1 rings (SSSR count). The van der Waals surface area contributed by atoms with Gasteiger partial charge in [0.2, 0.25) is 0 Å². The summed E-state index contributed by atoms with van der Waals surface area (Å²) in [6.07, 6.45) is 0. The number of halogens is 1. The Labute approximate surface area is 96.9 Å². The molecule has 16 heavy (non-hydrogen) atoms. The highest BCUT2D eigenvalue weighted by molar-refractivity contribution is 6.33. The summed E-state index contributed by atoms with van der Waals surface area (Å²) >= 11 is 5.67. The molecule has 86 valence electrons. The number of hydrogen-bond acceptors (Lipinski definition) is 4. The van der Waals surface area contributed by atoms with Crippen molar-refractivity contribution in [2.75, 3.05) is 14.1 Å². The number of nitro benzene ring substituents is 1. The molecular formula is C9H10ClN3O3. The lowest BCUT2D eigenvalue weighted by Gasteiger charge is -2.11. The van der Waals surface area contributed by atoms with Crippen molar-refractivity contribution >= 4 is 23.2 Å². The summed E-state index contributed by atoms with van der Waals surface area (Å²) < 4.78 is 0. The number of hydrazine groups is 1. The van der Waals surface area contributed by atoms with Gasteiger partial charge in [-0.1, -0.05) is 17.7 Å². The van der Waals surface area contributed by atoms with Crippen molar-refractivity contribution in [1.82, 2.24) is 10.4 Å². The molecule has 0 bridgehead atoms. The van der Waals surface area contributed by atoms with E-state index < -0.39 is 10.8 Å². The SMILES string of the molecule is CN(C)NC(=O)c1cccc(Cl)c1[N+](=O)[O-]. The van der Waals surface area contributed by atoms with Crippen molar-refractivity contribution in [2.45, 2.75) is 0 Å². The summed E-state index contributed by atoms with van der Waals surface area (Å²) in [7, 11) is 3.21. The lowest BCUT2D eigenvalue weighted by Crippen LogP contribution is -2.36. The molecule has 7 heteroatoms. The van der Waals surface area contributed by atoms with Crippen LogP contribution in [0.4, 0.5) is 5.69 Å². The summed E-state index contributed by atoms with van der Waals surface area (Å²) in [5.74, 6) is -0.570. The first-order valence-electron chi connectivity index (χ1n) is 4.34. The molecule has 0 aliphatic heterocycles. The quantitative estimate of drug-likeness (QED) is 0.644. The number of carbonyl (C=O) groups excluding carboxylic acids is 1. The molecule has 0 spiro atoms. The normalized spacial score (nSPS) is 10.2. The van der Waals surface area contributed by atoms with Crippen molar-refractivity contribution in [1.29, 1.82) is 0 Å². The molecule has 1 N–H and O–H groups in total. The van der Waals surface area contributed by atoms with E-state index in [1.165, 1.54) is 23.2 Å². The first-order chi connectivity index (χ1) is 7.43. The lowest BCUT2D eigenvalue weighted by molar-refractivity contribution is -0.385. The third-order valence-corrected chi connectivity index (χ3v) is 2.04. The van der Waals surface area contributed by atoms with E-state index in [1.54, 1.807) is 14.1 Å². The van der Waals surface area contributed by atoms with E-state index in [1.807, 2.05) is 0 Å². The van der Waals surface area contributed by atoms with Gasteiger partial charge in [0.05, 0.1) is 4.92 Å². The molecule has 0 aromatic heterocycles. The van der Waals surface area contributed by atoms with E-state index in [2.05, 4.69) is 5.43 Å². The lowest BCUT2D eigenvalue weighted by atomic mass is 10.1. The largest absolute Gasteiger partial charge is 0.300 e. The number of amides is 1. The van der Waals surface area contributed by atoms with Crippen molar-refractivity contribution in [3.63, 3.8) is 0 Å². The van der Waals surface area contributed by atoms with E-state index in [0.29, 0.717) is 0 Å². The van der Waals surface area contributed by atoms with Crippen molar-refractivity contribution < 1.29 is 9.72 Å². The Morgan fingerprint density at radius 3 is 2.62 bits per heavy atom. The monoisotopic (exact) mass is 243 g/mol. The summed E-state index contributed by atoms with van der Waals surface area (Å²) in [6, 6.07) is 4.20. The van der Waals surface area contributed by atoms with E-state index in [4.69, 9.17) is 11.6 Å². The van der Waals surface area contributed by atoms with Crippen LogP contribution in [0.15, 0.2) is 18.2 Å². The Morgan fingerprint density at radius 2 is 2.12 bits per heavy atom. The first-order valence-corrected chi connectivity index (χ1v) is 4.72. The molecule has 0 aliphatic carbocycles. The van der Waals surface area contributed by atoms with E-state index >= 15 is 0 Å². The number of para-hydroxylation sites is 1. The molecule has 0 saturated heterocycles. The Hall–Kier alpha value is -1.66. The Morgan fingerprint density at radius 1 is 1.50 bits per heavy atom. The zero-order chi connectivity index (χ0) is 12.3. The molecule has 1 amide bonds. The molecule has 1 aromatic rings. The predicted molar refractivity (Wildman–Crippen MR) is 59.3 cm³/mol. The molecule has 0 heterocycles. The molecule has 6 nitrogen and oxygen atoms in total.